The van der Waals surface area contributed by atoms with Crippen molar-refractivity contribution in [3.05, 3.63) is 65.2 Å². The molecule has 2 aromatic carbocycles. The lowest BCUT2D eigenvalue weighted by Crippen LogP contribution is -2.48. The second-order valence-corrected chi connectivity index (χ2v) is 6.77. The molecule has 5 nitrogen and oxygen atoms in total. The smallest absolute Gasteiger partial charge is 0.416 e. The molecule has 164 valence electrons. The maximum Gasteiger partial charge on any atom is 0.416 e. The van der Waals surface area contributed by atoms with Crippen LogP contribution >= 0.6 is 24.0 Å². The second kappa shape index (κ2) is 10.9. The summed E-state index contributed by atoms with van der Waals surface area (Å²) in [6.45, 7) is 4.44. The molecular weight excluding hydrogens is 510 g/mol. The summed E-state index contributed by atoms with van der Waals surface area (Å²) in [7, 11) is 0. The molecule has 2 aromatic rings. The van der Waals surface area contributed by atoms with Gasteiger partial charge in [-0.1, -0.05) is 24.3 Å². The number of morpholine rings is 1. The third-order valence-electron chi connectivity index (χ3n) is 4.63. The zero-order valence-corrected chi connectivity index (χ0v) is 18.9. The summed E-state index contributed by atoms with van der Waals surface area (Å²) in [6, 6.07) is 12.1. The molecule has 0 spiro atoms. The summed E-state index contributed by atoms with van der Waals surface area (Å²) in [6.07, 6.45) is -4.85. The molecule has 1 fully saturated rings. The summed E-state index contributed by atoms with van der Waals surface area (Å²) in [5.74, 6) is 0.877. The van der Waals surface area contributed by atoms with Gasteiger partial charge in [-0.05, 0) is 42.3 Å². The van der Waals surface area contributed by atoms with Gasteiger partial charge in [-0.2, -0.15) is 13.2 Å². The van der Waals surface area contributed by atoms with E-state index in [2.05, 4.69) is 10.3 Å². The maximum absolute atomic E-state index is 13.0. The van der Waals surface area contributed by atoms with Crippen LogP contribution in [0.5, 0.6) is 5.75 Å². The number of nitrogens with one attached hydrogen (secondary N) is 1. The van der Waals surface area contributed by atoms with Crippen LogP contribution in [-0.2, 0) is 17.5 Å². The van der Waals surface area contributed by atoms with Crippen LogP contribution in [0.25, 0.3) is 0 Å². The molecular formula is C21H25F3IN3O2. The fourth-order valence-corrected chi connectivity index (χ4v) is 3.15. The minimum absolute atomic E-state index is 0. The van der Waals surface area contributed by atoms with E-state index in [0.29, 0.717) is 44.3 Å². The average Bonchev–Trinajstić information content (AvgIpc) is 2.72. The van der Waals surface area contributed by atoms with E-state index in [9.17, 15) is 18.3 Å². The molecule has 1 atom stereocenters. The SMILES string of the molecule is CCNC(=NCc1ccc(O)cc1)N1CCOC(c2cccc(C(F)(F)F)c2)C1.I. The van der Waals surface area contributed by atoms with Crippen molar-refractivity contribution in [2.24, 2.45) is 4.99 Å². The first-order valence-corrected chi connectivity index (χ1v) is 9.46. The first kappa shape index (κ1) is 24.3. The molecule has 9 heteroatoms. The Hall–Kier alpha value is -2.01. The van der Waals surface area contributed by atoms with Gasteiger partial charge in [0.2, 0.25) is 0 Å². The summed E-state index contributed by atoms with van der Waals surface area (Å²) in [5.41, 5.74) is 0.767. The average molecular weight is 535 g/mol. The maximum atomic E-state index is 13.0. The number of hydrogen-bond acceptors (Lipinski definition) is 3. The number of hydrogen-bond donors (Lipinski definition) is 2. The third kappa shape index (κ3) is 6.49. The van der Waals surface area contributed by atoms with E-state index < -0.39 is 17.8 Å². The number of phenolic OH excluding ortho intramolecular Hbond substituents is 1. The van der Waals surface area contributed by atoms with Crippen molar-refractivity contribution in [3.8, 4) is 5.75 Å². The Morgan fingerprint density at radius 2 is 1.97 bits per heavy atom. The molecule has 0 aromatic heterocycles. The van der Waals surface area contributed by atoms with Crippen molar-refractivity contribution < 1.29 is 23.0 Å². The number of ether oxygens (including phenoxy) is 1. The van der Waals surface area contributed by atoms with Gasteiger partial charge in [0.25, 0.3) is 0 Å². The van der Waals surface area contributed by atoms with E-state index in [4.69, 9.17) is 4.74 Å². The van der Waals surface area contributed by atoms with Crippen molar-refractivity contribution in [3.63, 3.8) is 0 Å². The Kier molecular flexibility index (Phi) is 8.78. The normalized spacial score (nSPS) is 17.4. The molecule has 1 heterocycles. The minimum atomic E-state index is -4.38. The molecule has 1 unspecified atom stereocenters. The highest BCUT2D eigenvalue weighted by molar-refractivity contribution is 14.0. The van der Waals surface area contributed by atoms with Crippen LogP contribution in [0.1, 0.15) is 29.7 Å². The van der Waals surface area contributed by atoms with Crippen LogP contribution in [0.4, 0.5) is 13.2 Å². The van der Waals surface area contributed by atoms with Gasteiger partial charge in [0.1, 0.15) is 11.9 Å². The number of aromatic hydroxyl groups is 1. The van der Waals surface area contributed by atoms with Gasteiger partial charge < -0.3 is 20.1 Å². The number of guanidine groups is 1. The lowest BCUT2D eigenvalue weighted by molar-refractivity contribution is -0.137. The second-order valence-electron chi connectivity index (χ2n) is 6.77. The molecule has 1 aliphatic heterocycles. The number of benzene rings is 2. The van der Waals surface area contributed by atoms with Crippen LogP contribution in [0.2, 0.25) is 0 Å². The van der Waals surface area contributed by atoms with Crippen molar-refractivity contribution in [1.29, 1.82) is 0 Å². The lowest BCUT2D eigenvalue weighted by atomic mass is 10.0. The predicted octanol–water partition coefficient (Wildman–Crippen LogP) is 4.57. The molecule has 0 saturated carbocycles. The monoisotopic (exact) mass is 535 g/mol. The molecule has 30 heavy (non-hydrogen) atoms. The van der Waals surface area contributed by atoms with Gasteiger partial charge in [0, 0.05) is 13.1 Å². The fourth-order valence-electron chi connectivity index (χ4n) is 3.15. The molecule has 1 aliphatic rings. The van der Waals surface area contributed by atoms with Gasteiger partial charge in [-0.15, -0.1) is 24.0 Å². The number of rotatable bonds is 4. The van der Waals surface area contributed by atoms with Gasteiger partial charge in [-0.3, -0.25) is 0 Å². The minimum Gasteiger partial charge on any atom is -0.508 e. The van der Waals surface area contributed by atoms with Crippen molar-refractivity contribution >= 4 is 29.9 Å². The quantitative estimate of drug-likeness (QED) is 0.343. The fraction of sp³-hybridized carbons (Fsp3) is 0.381. The van der Waals surface area contributed by atoms with E-state index in [1.54, 1.807) is 30.3 Å². The number of halogens is 4. The van der Waals surface area contributed by atoms with Gasteiger partial charge in [0.15, 0.2) is 5.96 Å². The van der Waals surface area contributed by atoms with E-state index >= 15 is 0 Å². The number of alkyl halides is 3. The molecule has 2 N–H and O–H groups in total. The highest BCUT2D eigenvalue weighted by Crippen LogP contribution is 2.32. The first-order valence-electron chi connectivity index (χ1n) is 9.46. The topological polar surface area (TPSA) is 57.1 Å². The van der Waals surface area contributed by atoms with Crippen molar-refractivity contribution in [2.45, 2.75) is 25.7 Å². The first-order chi connectivity index (χ1) is 13.9. The van der Waals surface area contributed by atoms with Crippen molar-refractivity contribution in [2.75, 3.05) is 26.2 Å². The van der Waals surface area contributed by atoms with Crippen LogP contribution in [0, 0.1) is 0 Å². The van der Waals surface area contributed by atoms with Crippen LogP contribution < -0.4 is 5.32 Å². The zero-order chi connectivity index (χ0) is 20.9. The number of nitrogens with zero attached hydrogens (tertiary/aromatic N) is 2. The van der Waals surface area contributed by atoms with Crippen LogP contribution in [0.15, 0.2) is 53.5 Å². The highest BCUT2D eigenvalue weighted by Gasteiger charge is 2.32. The summed E-state index contributed by atoms with van der Waals surface area (Å²) >= 11 is 0. The molecule has 0 amide bonds. The largest absolute Gasteiger partial charge is 0.508 e. The molecule has 0 aliphatic carbocycles. The third-order valence-corrected chi connectivity index (χ3v) is 4.63. The van der Waals surface area contributed by atoms with Gasteiger partial charge in [0.05, 0.1) is 25.3 Å². The standard InChI is InChI=1S/C21H24F3N3O2.HI/c1-2-25-20(26-13-15-6-8-18(28)9-7-15)27-10-11-29-19(14-27)16-4-3-5-17(12-16)21(22,23)24;/h3-9,12,19,28H,2,10-11,13-14H2,1H3,(H,25,26);1H. The Morgan fingerprint density at radius 3 is 2.63 bits per heavy atom. The Balaban J connectivity index is 0.00000320. The predicted molar refractivity (Wildman–Crippen MR) is 120 cm³/mol. The summed E-state index contributed by atoms with van der Waals surface area (Å²) in [4.78, 5) is 6.63. The van der Waals surface area contributed by atoms with E-state index in [1.165, 1.54) is 6.07 Å². The Labute approximate surface area is 191 Å². The molecule has 0 radical (unpaired) electrons. The molecule has 0 bridgehead atoms. The summed E-state index contributed by atoms with van der Waals surface area (Å²) in [5, 5.41) is 12.6. The van der Waals surface area contributed by atoms with E-state index in [0.717, 1.165) is 17.7 Å². The lowest BCUT2D eigenvalue weighted by Gasteiger charge is -2.35. The Morgan fingerprint density at radius 1 is 1.23 bits per heavy atom. The number of aliphatic imine (C=N–C) groups is 1. The van der Waals surface area contributed by atoms with Crippen LogP contribution in [-0.4, -0.2) is 42.2 Å². The number of phenols is 1. The Bertz CT molecular complexity index is 844. The van der Waals surface area contributed by atoms with E-state index in [-0.39, 0.29) is 29.7 Å². The van der Waals surface area contributed by atoms with Gasteiger partial charge >= 0.3 is 6.18 Å². The van der Waals surface area contributed by atoms with Crippen LogP contribution in [0.3, 0.4) is 0 Å². The molecule has 3 rings (SSSR count). The summed E-state index contributed by atoms with van der Waals surface area (Å²) < 4.78 is 44.8. The van der Waals surface area contributed by atoms with Gasteiger partial charge in [-0.25, -0.2) is 4.99 Å². The molecule has 1 saturated heterocycles. The zero-order valence-electron chi connectivity index (χ0n) is 16.5. The highest BCUT2D eigenvalue weighted by atomic mass is 127. The van der Waals surface area contributed by atoms with Crippen molar-refractivity contribution in [1.82, 2.24) is 10.2 Å². The van der Waals surface area contributed by atoms with E-state index in [1.807, 2.05) is 11.8 Å².